The van der Waals surface area contributed by atoms with Crippen LogP contribution in [0.3, 0.4) is 0 Å². The molecular formula is C18H20ClNO4. The second kappa shape index (κ2) is 8.45. The molecule has 0 radical (unpaired) electrons. The minimum Gasteiger partial charge on any atom is -0.495 e. The first-order chi connectivity index (χ1) is 11.5. The standard InChI is InChI=1S/C18H20ClNO4/c1-12-6-4-5-7-15(12)24-9-8-18(21)20-14-10-13(19)16(22-2)11-17(14)23-3/h4-7,10-11H,8-9H2,1-3H3,(H,20,21). The van der Waals surface area contributed by atoms with E-state index in [9.17, 15) is 4.79 Å². The summed E-state index contributed by atoms with van der Waals surface area (Å²) < 4.78 is 16.0. The second-order valence-electron chi connectivity index (χ2n) is 5.10. The van der Waals surface area contributed by atoms with Crippen LogP contribution in [0.4, 0.5) is 5.69 Å². The summed E-state index contributed by atoms with van der Waals surface area (Å²) in [5.41, 5.74) is 1.52. The predicted octanol–water partition coefficient (Wildman–Crippen LogP) is 4.07. The fourth-order valence-electron chi connectivity index (χ4n) is 2.14. The van der Waals surface area contributed by atoms with Crippen LogP contribution in [-0.4, -0.2) is 26.7 Å². The van der Waals surface area contributed by atoms with Gasteiger partial charge in [0.15, 0.2) is 0 Å². The average molecular weight is 350 g/mol. The van der Waals surface area contributed by atoms with Gasteiger partial charge in [-0.3, -0.25) is 4.79 Å². The summed E-state index contributed by atoms with van der Waals surface area (Å²) in [6.07, 6.45) is 0.209. The lowest BCUT2D eigenvalue weighted by atomic mass is 10.2. The van der Waals surface area contributed by atoms with E-state index in [0.717, 1.165) is 11.3 Å². The maximum absolute atomic E-state index is 12.1. The Kier molecular flexibility index (Phi) is 6.32. The maximum atomic E-state index is 12.1. The number of hydrogen-bond acceptors (Lipinski definition) is 4. The quantitative estimate of drug-likeness (QED) is 0.818. The van der Waals surface area contributed by atoms with Gasteiger partial charge in [-0.05, 0) is 24.6 Å². The Morgan fingerprint density at radius 3 is 2.46 bits per heavy atom. The summed E-state index contributed by atoms with van der Waals surface area (Å²) in [6, 6.07) is 10.9. The number of ether oxygens (including phenoxy) is 3. The number of carbonyl (C=O) groups excluding carboxylic acids is 1. The van der Waals surface area contributed by atoms with Crippen molar-refractivity contribution in [2.24, 2.45) is 0 Å². The number of para-hydroxylation sites is 1. The van der Waals surface area contributed by atoms with Crippen molar-refractivity contribution in [1.29, 1.82) is 0 Å². The minimum atomic E-state index is -0.192. The molecule has 6 heteroatoms. The first kappa shape index (κ1) is 17.9. The van der Waals surface area contributed by atoms with Crippen molar-refractivity contribution in [3.63, 3.8) is 0 Å². The summed E-state index contributed by atoms with van der Waals surface area (Å²) in [4.78, 5) is 12.1. The van der Waals surface area contributed by atoms with E-state index in [2.05, 4.69) is 5.32 Å². The molecule has 2 aromatic rings. The van der Waals surface area contributed by atoms with Gasteiger partial charge in [0.25, 0.3) is 0 Å². The van der Waals surface area contributed by atoms with Crippen LogP contribution in [0.5, 0.6) is 17.2 Å². The lowest BCUT2D eigenvalue weighted by Crippen LogP contribution is -2.16. The summed E-state index contributed by atoms with van der Waals surface area (Å²) in [5, 5.41) is 3.16. The molecule has 0 bridgehead atoms. The average Bonchev–Trinajstić information content (AvgIpc) is 2.57. The smallest absolute Gasteiger partial charge is 0.227 e. The number of hydrogen-bond donors (Lipinski definition) is 1. The second-order valence-corrected chi connectivity index (χ2v) is 5.51. The van der Waals surface area contributed by atoms with Crippen LogP contribution < -0.4 is 19.5 Å². The van der Waals surface area contributed by atoms with Gasteiger partial charge in [-0.2, -0.15) is 0 Å². The van der Waals surface area contributed by atoms with Crippen molar-refractivity contribution < 1.29 is 19.0 Å². The molecule has 0 atom stereocenters. The molecule has 0 heterocycles. The molecule has 0 aliphatic heterocycles. The van der Waals surface area contributed by atoms with Crippen LogP contribution in [0.1, 0.15) is 12.0 Å². The Morgan fingerprint density at radius 2 is 1.79 bits per heavy atom. The van der Waals surface area contributed by atoms with Gasteiger partial charge in [-0.1, -0.05) is 29.8 Å². The lowest BCUT2D eigenvalue weighted by molar-refractivity contribution is -0.116. The SMILES string of the molecule is COc1cc(OC)c(NC(=O)CCOc2ccccc2C)cc1Cl. The number of rotatable bonds is 7. The molecule has 5 nitrogen and oxygen atoms in total. The van der Waals surface area contributed by atoms with Gasteiger partial charge in [0.05, 0.1) is 38.0 Å². The number of amides is 1. The van der Waals surface area contributed by atoms with E-state index in [1.807, 2.05) is 31.2 Å². The molecule has 1 amide bonds. The molecule has 0 saturated carbocycles. The summed E-state index contributed by atoms with van der Waals surface area (Å²) in [6.45, 7) is 2.24. The highest BCUT2D eigenvalue weighted by molar-refractivity contribution is 6.32. The molecule has 0 aliphatic carbocycles. The number of benzene rings is 2. The van der Waals surface area contributed by atoms with E-state index in [1.165, 1.54) is 14.2 Å². The fourth-order valence-corrected chi connectivity index (χ4v) is 2.38. The fraction of sp³-hybridized carbons (Fsp3) is 0.278. The van der Waals surface area contributed by atoms with Gasteiger partial charge in [-0.25, -0.2) is 0 Å². The molecule has 0 saturated heterocycles. The van der Waals surface area contributed by atoms with E-state index in [4.69, 9.17) is 25.8 Å². The molecule has 128 valence electrons. The Bertz CT molecular complexity index is 718. The van der Waals surface area contributed by atoms with Crippen LogP contribution in [0.2, 0.25) is 5.02 Å². The maximum Gasteiger partial charge on any atom is 0.227 e. The Morgan fingerprint density at radius 1 is 1.08 bits per heavy atom. The number of nitrogens with one attached hydrogen (secondary N) is 1. The van der Waals surface area contributed by atoms with E-state index >= 15 is 0 Å². The van der Waals surface area contributed by atoms with Gasteiger partial charge in [0.2, 0.25) is 5.91 Å². The highest BCUT2D eigenvalue weighted by Crippen LogP contribution is 2.35. The molecule has 0 fully saturated rings. The highest BCUT2D eigenvalue weighted by atomic mass is 35.5. The van der Waals surface area contributed by atoms with E-state index in [0.29, 0.717) is 22.2 Å². The summed E-state index contributed by atoms with van der Waals surface area (Å²) in [5.74, 6) is 1.54. The van der Waals surface area contributed by atoms with Gasteiger partial charge in [0.1, 0.15) is 17.2 Å². The minimum absolute atomic E-state index is 0.192. The first-order valence-electron chi connectivity index (χ1n) is 7.45. The Hall–Kier alpha value is -2.40. The molecule has 0 spiro atoms. The van der Waals surface area contributed by atoms with Crippen molar-refractivity contribution in [3.8, 4) is 17.2 Å². The third-order valence-electron chi connectivity index (χ3n) is 3.43. The van der Waals surface area contributed by atoms with E-state index in [1.54, 1.807) is 12.1 Å². The zero-order valence-corrected chi connectivity index (χ0v) is 14.6. The van der Waals surface area contributed by atoms with Crippen molar-refractivity contribution in [1.82, 2.24) is 0 Å². The molecule has 0 unspecified atom stereocenters. The number of halogens is 1. The lowest BCUT2D eigenvalue weighted by Gasteiger charge is -2.13. The van der Waals surface area contributed by atoms with Crippen LogP contribution >= 0.6 is 11.6 Å². The largest absolute Gasteiger partial charge is 0.495 e. The zero-order chi connectivity index (χ0) is 17.5. The molecule has 0 aromatic heterocycles. The first-order valence-corrected chi connectivity index (χ1v) is 7.82. The Balaban J connectivity index is 1.95. The molecule has 2 aromatic carbocycles. The van der Waals surface area contributed by atoms with Gasteiger partial charge < -0.3 is 19.5 Å². The number of anilines is 1. The van der Waals surface area contributed by atoms with Gasteiger partial charge in [-0.15, -0.1) is 0 Å². The van der Waals surface area contributed by atoms with E-state index < -0.39 is 0 Å². The third-order valence-corrected chi connectivity index (χ3v) is 3.72. The van der Waals surface area contributed by atoms with Crippen LogP contribution in [0.15, 0.2) is 36.4 Å². The molecule has 1 N–H and O–H groups in total. The molecule has 0 aliphatic rings. The van der Waals surface area contributed by atoms with Crippen molar-refractivity contribution >= 4 is 23.2 Å². The van der Waals surface area contributed by atoms with Gasteiger partial charge >= 0.3 is 0 Å². The number of aryl methyl sites for hydroxylation is 1. The molecular weight excluding hydrogens is 330 g/mol. The summed E-state index contributed by atoms with van der Waals surface area (Å²) >= 11 is 6.09. The number of carbonyl (C=O) groups is 1. The monoisotopic (exact) mass is 349 g/mol. The van der Waals surface area contributed by atoms with Crippen molar-refractivity contribution in [2.75, 3.05) is 26.1 Å². The zero-order valence-electron chi connectivity index (χ0n) is 13.9. The van der Waals surface area contributed by atoms with Crippen LogP contribution in [0.25, 0.3) is 0 Å². The van der Waals surface area contributed by atoms with Crippen molar-refractivity contribution in [2.45, 2.75) is 13.3 Å². The number of methoxy groups -OCH3 is 2. The van der Waals surface area contributed by atoms with Gasteiger partial charge in [0, 0.05) is 6.07 Å². The van der Waals surface area contributed by atoms with Crippen LogP contribution in [0, 0.1) is 6.92 Å². The predicted molar refractivity (Wildman–Crippen MR) is 94.5 cm³/mol. The molecule has 2 rings (SSSR count). The third kappa shape index (κ3) is 4.55. The normalized spacial score (nSPS) is 10.2. The summed E-state index contributed by atoms with van der Waals surface area (Å²) in [7, 11) is 3.03. The van der Waals surface area contributed by atoms with Crippen molar-refractivity contribution in [3.05, 3.63) is 47.0 Å². The topological polar surface area (TPSA) is 56.8 Å². The Labute approximate surface area is 146 Å². The highest BCUT2D eigenvalue weighted by Gasteiger charge is 2.12. The van der Waals surface area contributed by atoms with Crippen LogP contribution in [-0.2, 0) is 4.79 Å². The van der Waals surface area contributed by atoms with E-state index in [-0.39, 0.29) is 18.9 Å². The molecule has 24 heavy (non-hydrogen) atoms.